The van der Waals surface area contributed by atoms with Crippen molar-refractivity contribution < 1.29 is 14.7 Å². The monoisotopic (exact) mass is 491 g/mol. The first-order valence-electron chi connectivity index (χ1n) is 12.9. The van der Waals surface area contributed by atoms with Crippen molar-refractivity contribution in [2.45, 2.75) is 71.3 Å². The van der Waals surface area contributed by atoms with Crippen LogP contribution in [0.15, 0.2) is 42.5 Å². The van der Waals surface area contributed by atoms with Gasteiger partial charge in [0.2, 0.25) is 0 Å². The quantitative estimate of drug-likeness (QED) is 0.129. The van der Waals surface area contributed by atoms with Crippen molar-refractivity contribution in [1.82, 2.24) is 14.9 Å². The molecule has 5 N–H and O–H groups in total. The van der Waals surface area contributed by atoms with Crippen LogP contribution in [0.4, 0.5) is 0 Å². The normalized spacial score (nSPS) is 11.0. The van der Waals surface area contributed by atoms with Gasteiger partial charge in [-0.2, -0.15) is 0 Å². The molecule has 0 aliphatic heterocycles. The topological polar surface area (TPSA) is 134 Å². The summed E-state index contributed by atoms with van der Waals surface area (Å²) >= 11 is 0. The van der Waals surface area contributed by atoms with Gasteiger partial charge in [0.15, 0.2) is 0 Å². The number of carbonyl (C=O) groups is 2. The summed E-state index contributed by atoms with van der Waals surface area (Å²) in [5, 5.41) is 19.1. The Balaban J connectivity index is 1.80. The van der Waals surface area contributed by atoms with Gasteiger partial charge in [0.25, 0.3) is 5.91 Å². The number of amides is 1. The maximum atomic E-state index is 12.5. The lowest BCUT2D eigenvalue weighted by molar-refractivity contribution is -0.136. The molecule has 0 unspecified atom stereocenters. The number of aromatic nitrogens is 2. The summed E-state index contributed by atoms with van der Waals surface area (Å²) in [5.74, 6) is -0.437. The second-order valence-corrected chi connectivity index (χ2v) is 9.16. The third-order valence-electron chi connectivity index (χ3n) is 6.32. The smallest absolute Gasteiger partial charge is 0.305 e. The number of aliphatic carboxylic acids is 1. The summed E-state index contributed by atoms with van der Waals surface area (Å²) in [6, 6.07) is 12.9. The molecule has 0 spiro atoms. The standard InChI is InChI=1S/C28H37N5O3/c1-2-3-4-5-6-7-8-9-18-33-24-15-14-22(28(36)31-17-16-25(34)35)19-23(24)32-27(33)21-12-10-20(11-13-21)26(29)30/h10-15,19H,2-9,16-18H2,1H3,(H3,29,30)(H,31,36)(H,34,35). The van der Waals surface area contributed by atoms with E-state index in [9.17, 15) is 9.59 Å². The lowest BCUT2D eigenvalue weighted by atomic mass is 10.1. The summed E-state index contributed by atoms with van der Waals surface area (Å²) in [6.45, 7) is 3.13. The molecule has 0 aliphatic rings. The summed E-state index contributed by atoms with van der Waals surface area (Å²) in [6.07, 6.45) is 9.74. The Kier molecular flexibility index (Phi) is 10.0. The molecular formula is C28H37N5O3. The van der Waals surface area contributed by atoms with Gasteiger partial charge in [0.1, 0.15) is 11.7 Å². The minimum Gasteiger partial charge on any atom is -0.481 e. The molecule has 0 saturated carbocycles. The fourth-order valence-electron chi connectivity index (χ4n) is 4.31. The third-order valence-corrected chi connectivity index (χ3v) is 6.32. The zero-order valence-corrected chi connectivity index (χ0v) is 21.1. The number of hydrogen-bond donors (Lipinski definition) is 4. The number of nitrogens with one attached hydrogen (secondary N) is 2. The number of nitrogens with two attached hydrogens (primary N) is 1. The van der Waals surface area contributed by atoms with E-state index in [0.717, 1.165) is 36.3 Å². The second-order valence-electron chi connectivity index (χ2n) is 9.16. The minimum atomic E-state index is -0.953. The molecule has 192 valence electrons. The van der Waals surface area contributed by atoms with Gasteiger partial charge in [-0.1, -0.05) is 76.1 Å². The molecule has 3 rings (SSSR count). The molecule has 3 aromatic rings. The number of aryl methyl sites for hydroxylation is 1. The first-order chi connectivity index (χ1) is 17.4. The Bertz CT molecular complexity index is 1180. The first-order valence-corrected chi connectivity index (χ1v) is 12.9. The average Bonchev–Trinajstić information content (AvgIpc) is 3.23. The Morgan fingerprint density at radius 2 is 1.61 bits per heavy atom. The van der Waals surface area contributed by atoms with Crippen LogP contribution < -0.4 is 11.1 Å². The van der Waals surface area contributed by atoms with Crippen molar-refractivity contribution in [3.8, 4) is 11.4 Å². The first kappa shape index (κ1) is 26.9. The highest BCUT2D eigenvalue weighted by Gasteiger charge is 2.15. The fraction of sp³-hybridized carbons (Fsp3) is 0.429. The molecular weight excluding hydrogens is 454 g/mol. The number of nitrogens with zero attached hydrogens (tertiary/aromatic N) is 2. The number of benzene rings is 2. The molecule has 8 nitrogen and oxygen atoms in total. The molecule has 1 aromatic heterocycles. The number of carboxylic acids is 1. The number of carbonyl (C=O) groups excluding carboxylic acids is 1. The van der Waals surface area contributed by atoms with Crippen LogP contribution in [0.5, 0.6) is 0 Å². The van der Waals surface area contributed by atoms with Crippen LogP contribution in [0, 0.1) is 5.41 Å². The minimum absolute atomic E-state index is 0.0209. The zero-order chi connectivity index (χ0) is 25.9. The number of carboxylic acid groups (broad SMARTS) is 1. The molecule has 1 amide bonds. The highest BCUT2D eigenvalue weighted by atomic mass is 16.4. The summed E-state index contributed by atoms with van der Waals surface area (Å²) in [4.78, 5) is 28.1. The van der Waals surface area contributed by atoms with Crippen LogP contribution in [-0.4, -0.2) is 38.9 Å². The van der Waals surface area contributed by atoms with Crippen molar-refractivity contribution >= 4 is 28.7 Å². The number of unbranched alkanes of at least 4 members (excludes halogenated alkanes) is 7. The van der Waals surface area contributed by atoms with Crippen molar-refractivity contribution in [2.24, 2.45) is 5.73 Å². The lowest BCUT2D eigenvalue weighted by Crippen LogP contribution is -2.25. The van der Waals surface area contributed by atoms with E-state index in [4.69, 9.17) is 21.2 Å². The van der Waals surface area contributed by atoms with Crippen LogP contribution >= 0.6 is 0 Å². The van der Waals surface area contributed by atoms with Crippen LogP contribution in [0.2, 0.25) is 0 Å². The maximum Gasteiger partial charge on any atom is 0.305 e. The summed E-state index contributed by atoms with van der Waals surface area (Å²) < 4.78 is 2.20. The summed E-state index contributed by atoms with van der Waals surface area (Å²) in [7, 11) is 0. The van der Waals surface area contributed by atoms with E-state index in [-0.39, 0.29) is 24.7 Å². The molecule has 0 saturated heterocycles. The summed E-state index contributed by atoms with van der Waals surface area (Å²) in [5.41, 5.74) is 9.30. The Hall–Kier alpha value is -3.68. The number of nitrogen functional groups attached to an aromatic ring is 1. The molecule has 8 heteroatoms. The molecule has 2 aromatic carbocycles. The van der Waals surface area contributed by atoms with Crippen LogP contribution in [0.25, 0.3) is 22.4 Å². The Morgan fingerprint density at radius 1 is 0.972 bits per heavy atom. The van der Waals surface area contributed by atoms with Crippen molar-refractivity contribution in [2.75, 3.05) is 6.54 Å². The molecule has 36 heavy (non-hydrogen) atoms. The fourth-order valence-corrected chi connectivity index (χ4v) is 4.31. The van der Waals surface area contributed by atoms with Gasteiger partial charge in [-0.15, -0.1) is 0 Å². The highest BCUT2D eigenvalue weighted by molar-refractivity contribution is 5.98. The average molecular weight is 492 g/mol. The van der Waals surface area contributed by atoms with Gasteiger partial charge in [0, 0.05) is 29.8 Å². The largest absolute Gasteiger partial charge is 0.481 e. The van der Waals surface area contributed by atoms with Gasteiger partial charge >= 0.3 is 5.97 Å². The maximum absolute atomic E-state index is 12.5. The van der Waals surface area contributed by atoms with E-state index < -0.39 is 5.97 Å². The Labute approximate surface area is 212 Å². The second kappa shape index (κ2) is 13.4. The van der Waals surface area contributed by atoms with E-state index in [2.05, 4.69) is 16.8 Å². The number of hydrogen-bond acceptors (Lipinski definition) is 4. The molecule has 0 atom stereocenters. The zero-order valence-electron chi connectivity index (χ0n) is 21.1. The SMILES string of the molecule is CCCCCCCCCCn1c(-c2ccc(C(=N)N)cc2)nc2cc(C(=O)NCCC(=O)O)ccc21. The predicted molar refractivity (Wildman–Crippen MR) is 143 cm³/mol. The van der Waals surface area contributed by atoms with Crippen LogP contribution in [0.3, 0.4) is 0 Å². The highest BCUT2D eigenvalue weighted by Crippen LogP contribution is 2.27. The van der Waals surface area contributed by atoms with Gasteiger partial charge in [-0.25, -0.2) is 4.98 Å². The van der Waals surface area contributed by atoms with Crippen LogP contribution in [0.1, 0.15) is 80.6 Å². The number of rotatable bonds is 15. The molecule has 0 aliphatic carbocycles. The van der Waals surface area contributed by atoms with Crippen molar-refractivity contribution in [3.63, 3.8) is 0 Å². The van der Waals surface area contributed by atoms with E-state index in [1.165, 1.54) is 38.5 Å². The number of fused-ring (bicyclic) bond motifs is 1. The van der Waals surface area contributed by atoms with Gasteiger partial charge in [0.05, 0.1) is 17.5 Å². The van der Waals surface area contributed by atoms with Crippen molar-refractivity contribution in [1.29, 1.82) is 5.41 Å². The molecule has 1 heterocycles. The van der Waals surface area contributed by atoms with Crippen molar-refractivity contribution in [3.05, 3.63) is 53.6 Å². The van der Waals surface area contributed by atoms with Crippen LogP contribution in [-0.2, 0) is 11.3 Å². The van der Waals surface area contributed by atoms with Gasteiger partial charge < -0.3 is 20.7 Å². The predicted octanol–water partition coefficient (Wildman–Crippen LogP) is 5.33. The Morgan fingerprint density at radius 3 is 2.25 bits per heavy atom. The van der Waals surface area contributed by atoms with Gasteiger partial charge in [-0.05, 0) is 24.6 Å². The van der Waals surface area contributed by atoms with E-state index in [1.54, 1.807) is 12.1 Å². The van der Waals surface area contributed by atoms with Gasteiger partial charge in [-0.3, -0.25) is 15.0 Å². The third kappa shape index (κ3) is 7.41. The lowest BCUT2D eigenvalue weighted by Gasteiger charge is -2.10. The van der Waals surface area contributed by atoms with E-state index in [1.807, 2.05) is 30.3 Å². The molecule has 0 bridgehead atoms. The molecule has 0 fully saturated rings. The molecule has 0 radical (unpaired) electrons. The van der Waals surface area contributed by atoms with E-state index in [0.29, 0.717) is 16.6 Å². The number of amidine groups is 1. The number of imidazole rings is 1. The van der Waals surface area contributed by atoms with E-state index >= 15 is 0 Å².